The van der Waals surface area contributed by atoms with Crippen LogP contribution < -0.4 is 27.4 Å². The second-order valence-corrected chi connectivity index (χ2v) is 7.08. The van der Waals surface area contributed by atoms with E-state index in [0.29, 0.717) is 38.0 Å². The van der Waals surface area contributed by atoms with E-state index in [4.69, 9.17) is 21.7 Å². The largest absolute Gasteiger partial charge is 0.480 e. The molecule has 0 aromatic heterocycles. The molecule has 0 rings (SSSR count). The molecule has 162 valence electrons. The summed E-state index contributed by atoms with van der Waals surface area (Å²) >= 11 is 1.55. The summed E-state index contributed by atoms with van der Waals surface area (Å²) in [5, 5.41) is 24.7. The monoisotopic (exact) mass is 421 g/mol. The number of carbonyl (C=O) groups is 4. The van der Waals surface area contributed by atoms with E-state index >= 15 is 0 Å². The van der Waals surface area contributed by atoms with Gasteiger partial charge in [-0.05, 0) is 44.2 Å². The summed E-state index contributed by atoms with van der Waals surface area (Å²) in [5.74, 6) is -2.52. The van der Waals surface area contributed by atoms with Crippen molar-refractivity contribution >= 4 is 35.5 Å². The zero-order valence-corrected chi connectivity index (χ0v) is 16.8. The van der Waals surface area contributed by atoms with Crippen LogP contribution in [-0.4, -0.2) is 83.7 Å². The minimum atomic E-state index is -1.46. The molecule has 0 fully saturated rings. The molecule has 0 spiro atoms. The van der Waals surface area contributed by atoms with E-state index in [-0.39, 0.29) is 0 Å². The maximum absolute atomic E-state index is 12.4. The molecule has 0 aliphatic carbocycles. The van der Waals surface area contributed by atoms with Crippen LogP contribution in [0.25, 0.3) is 0 Å². The molecule has 0 saturated carbocycles. The number of hydrogen-bond acceptors (Lipinski definition) is 8. The molecule has 12 heteroatoms. The van der Waals surface area contributed by atoms with Crippen molar-refractivity contribution in [1.82, 2.24) is 16.0 Å². The second-order valence-electron chi connectivity index (χ2n) is 6.09. The Morgan fingerprint density at radius 3 is 2.25 bits per heavy atom. The van der Waals surface area contributed by atoms with E-state index in [2.05, 4.69) is 16.0 Å². The average Bonchev–Trinajstić information content (AvgIpc) is 2.67. The zero-order chi connectivity index (χ0) is 21.5. The van der Waals surface area contributed by atoms with Gasteiger partial charge in [0, 0.05) is 0 Å². The summed E-state index contributed by atoms with van der Waals surface area (Å²) in [7, 11) is 0. The van der Waals surface area contributed by atoms with Crippen LogP contribution in [0.2, 0.25) is 0 Å². The predicted molar refractivity (Wildman–Crippen MR) is 105 cm³/mol. The molecule has 28 heavy (non-hydrogen) atoms. The van der Waals surface area contributed by atoms with Gasteiger partial charge in [0.1, 0.15) is 12.1 Å². The first-order valence-electron chi connectivity index (χ1n) is 8.92. The van der Waals surface area contributed by atoms with E-state index in [0.717, 1.165) is 0 Å². The predicted octanol–water partition coefficient (Wildman–Crippen LogP) is -2.64. The summed E-state index contributed by atoms with van der Waals surface area (Å²) in [5.41, 5.74) is 11.3. The van der Waals surface area contributed by atoms with Crippen molar-refractivity contribution < 1.29 is 29.4 Å². The highest BCUT2D eigenvalue weighted by Crippen LogP contribution is 2.03. The van der Waals surface area contributed by atoms with Gasteiger partial charge < -0.3 is 37.6 Å². The van der Waals surface area contributed by atoms with Crippen LogP contribution >= 0.6 is 11.8 Å². The molecule has 3 amide bonds. The Balaban J connectivity index is 4.72. The third-order valence-corrected chi connectivity index (χ3v) is 4.43. The number of thioether (sulfide) groups is 1. The van der Waals surface area contributed by atoms with Crippen molar-refractivity contribution in [2.24, 2.45) is 11.5 Å². The number of amides is 3. The lowest BCUT2D eigenvalue weighted by Crippen LogP contribution is -2.53. The van der Waals surface area contributed by atoms with Crippen LogP contribution in [0.1, 0.15) is 25.7 Å². The Bertz CT molecular complexity index is 522. The minimum Gasteiger partial charge on any atom is -0.480 e. The third-order valence-electron chi connectivity index (χ3n) is 3.79. The maximum atomic E-state index is 12.4. The van der Waals surface area contributed by atoms with Gasteiger partial charge in [-0.3, -0.25) is 14.4 Å². The molecular formula is C16H31N5O6S. The molecule has 0 radical (unpaired) electrons. The average molecular weight is 422 g/mol. The van der Waals surface area contributed by atoms with E-state index in [1.165, 1.54) is 0 Å². The number of hydrogen-bond donors (Lipinski definition) is 7. The number of nitrogens with two attached hydrogens (primary N) is 2. The Kier molecular flexibility index (Phi) is 14.1. The Labute approximate surface area is 168 Å². The molecule has 3 unspecified atom stereocenters. The maximum Gasteiger partial charge on any atom is 0.328 e. The van der Waals surface area contributed by atoms with Gasteiger partial charge in [0.2, 0.25) is 17.7 Å². The zero-order valence-electron chi connectivity index (χ0n) is 16.0. The smallest absolute Gasteiger partial charge is 0.328 e. The molecule has 0 aliphatic heterocycles. The quantitative estimate of drug-likeness (QED) is 0.138. The van der Waals surface area contributed by atoms with Crippen molar-refractivity contribution in [1.29, 1.82) is 0 Å². The van der Waals surface area contributed by atoms with Gasteiger partial charge in [-0.15, -0.1) is 0 Å². The first-order valence-corrected chi connectivity index (χ1v) is 10.3. The summed E-state index contributed by atoms with van der Waals surface area (Å²) in [6.07, 6.45) is 3.93. The van der Waals surface area contributed by atoms with Gasteiger partial charge in [0.05, 0.1) is 19.2 Å². The van der Waals surface area contributed by atoms with Crippen LogP contribution in [0.3, 0.4) is 0 Å². The van der Waals surface area contributed by atoms with Crippen LogP contribution in [0, 0.1) is 0 Å². The first-order chi connectivity index (χ1) is 13.3. The summed E-state index contributed by atoms with van der Waals surface area (Å²) < 4.78 is 0. The van der Waals surface area contributed by atoms with E-state index in [1.54, 1.807) is 11.8 Å². The molecule has 0 aliphatic rings. The van der Waals surface area contributed by atoms with Crippen LogP contribution in [0.15, 0.2) is 0 Å². The molecule has 9 N–H and O–H groups in total. The summed E-state index contributed by atoms with van der Waals surface area (Å²) in [4.78, 5) is 47.0. The Morgan fingerprint density at radius 1 is 1.04 bits per heavy atom. The van der Waals surface area contributed by atoms with Crippen molar-refractivity contribution in [2.45, 2.75) is 43.8 Å². The highest BCUT2D eigenvalue weighted by molar-refractivity contribution is 7.98. The number of nitrogens with one attached hydrogen (secondary N) is 3. The van der Waals surface area contributed by atoms with Crippen molar-refractivity contribution in [2.75, 3.05) is 31.7 Å². The number of aliphatic hydroxyl groups is 1. The molecule has 0 saturated heterocycles. The van der Waals surface area contributed by atoms with Gasteiger partial charge >= 0.3 is 5.97 Å². The molecule has 11 nitrogen and oxygen atoms in total. The lowest BCUT2D eigenvalue weighted by molar-refractivity contribution is -0.142. The standard InChI is InChI=1S/C16H31N5O6S/c1-28-7-5-10(18)14(24)21-11(4-2-3-6-17)15(25)19-8-13(23)20-12(9-22)16(26)27/h10-12,22H,2-9,17-18H2,1H3,(H,19,25)(H,20,23)(H,21,24)(H,26,27). The Hall–Kier alpha value is -1.89. The number of carboxylic acid groups (broad SMARTS) is 1. The van der Waals surface area contributed by atoms with E-state index in [1.807, 2.05) is 6.26 Å². The molecule has 0 bridgehead atoms. The second kappa shape index (κ2) is 15.1. The fourth-order valence-electron chi connectivity index (χ4n) is 2.14. The number of unbranched alkanes of at least 4 members (excludes halogenated alkanes) is 1. The van der Waals surface area contributed by atoms with E-state index in [9.17, 15) is 19.2 Å². The normalized spacial score (nSPS) is 13.9. The number of carbonyl (C=O) groups excluding carboxylic acids is 3. The van der Waals surface area contributed by atoms with Crippen molar-refractivity contribution in [3.05, 3.63) is 0 Å². The van der Waals surface area contributed by atoms with Crippen LogP contribution in [0.5, 0.6) is 0 Å². The van der Waals surface area contributed by atoms with Gasteiger partial charge in [0.15, 0.2) is 0 Å². The summed E-state index contributed by atoms with van der Waals surface area (Å²) in [6, 6.07) is -3.10. The van der Waals surface area contributed by atoms with Gasteiger partial charge in [-0.2, -0.15) is 11.8 Å². The summed E-state index contributed by atoms with van der Waals surface area (Å²) in [6.45, 7) is -0.833. The number of rotatable bonds is 15. The van der Waals surface area contributed by atoms with Crippen LogP contribution in [-0.2, 0) is 19.2 Å². The molecule has 0 heterocycles. The van der Waals surface area contributed by atoms with Gasteiger partial charge in [-0.1, -0.05) is 0 Å². The number of aliphatic hydroxyl groups excluding tert-OH is 1. The van der Waals surface area contributed by atoms with Crippen molar-refractivity contribution in [3.63, 3.8) is 0 Å². The number of aliphatic carboxylic acids is 1. The fraction of sp³-hybridized carbons (Fsp3) is 0.750. The van der Waals surface area contributed by atoms with E-state index < -0.39 is 55.0 Å². The SMILES string of the molecule is CSCCC(N)C(=O)NC(CCCCN)C(=O)NCC(=O)NC(CO)C(=O)O. The molecule has 3 atom stereocenters. The first kappa shape index (κ1) is 26.1. The lowest BCUT2D eigenvalue weighted by atomic mass is 10.1. The number of carboxylic acids is 1. The highest BCUT2D eigenvalue weighted by atomic mass is 32.2. The minimum absolute atomic E-state index is 0.319. The topological polar surface area (TPSA) is 197 Å². The molecular weight excluding hydrogens is 390 g/mol. The van der Waals surface area contributed by atoms with Crippen molar-refractivity contribution in [3.8, 4) is 0 Å². The third kappa shape index (κ3) is 11.1. The lowest BCUT2D eigenvalue weighted by Gasteiger charge is -2.21. The van der Waals surface area contributed by atoms with Gasteiger partial charge in [-0.25, -0.2) is 4.79 Å². The molecule has 0 aromatic rings. The fourth-order valence-corrected chi connectivity index (χ4v) is 2.63. The highest BCUT2D eigenvalue weighted by Gasteiger charge is 2.24. The molecule has 0 aromatic carbocycles. The Morgan fingerprint density at radius 2 is 1.71 bits per heavy atom. The van der Waals surface area contributed by atoms with Crippen LogP contribution in [0.4, 0.5) is 0 Å². The van der Waals surface area contributed by atoms with Gasteiger partial charge in [0.25, 0.3) is 0 Å².